The van der Waals surface area contributed by atoms with Crippen molar-refractivity contribution in [2.75, 3.05) is 6.61 Å². The summed E-state index contributed by atoms with van der Waals surface area (Å²) in [5.41, 5.74) is -1.67. The summed E-state index contributed by atoms with van der Waals surface area (Å²) in [5, 5.41) is 76.9. The molecule has 23 heavy (non-hydrogen) atoms. The Balaban J connectivity index is 2.18. The average Bonchev–Trinajstić information content (AvgIpc) is 2.52. The van der Waals surface area contributed by atoms with E-state index in [0.717, 1.165) is 0 Å². The number of aliphatic hydroxyl groups excluding tert-OH is 8. The molecule has 11 heteroatoms. The van der Waals surface area contributed by atoms with Crippen molar-refractivity contribution in [3.8, 4) is 0 Å². The lowest BCUT2D eigenvalue weighted by molar-refractivity contribution is -0.389. The summed E-state index contributed by atoms with van der Waals surface area (Å²) in [7, 11) is 0. The molecule has 136 valence electrons. The second kappa shape index (κ2) is 6.82. The van der Waals surface area contributed by atoms with Crippen molar-refractivity contribution in [3.63, 3.8) is 0 Å². The minimum atomic E-state index is -1.86. The summed E-state index contributed by atoms with van der Waals surface area (Å²) < 4.78 is 15.1. The van der Waals surface area contributed by atoms with Gasteiger partial charge in [0, 0.05) is 0 Å². The lowest BCUT2D eigenvalue weighted by Crippen LogP contribution is -2.68. The molecule has 0 aliphatic carbocycles. The third-order valence-electron chi connectivity index (χ3n) is 4.08. The van der Waals surface area contributed by atoms with Gasteiger partial charge in [-0.05, 0) is 6.92 Å². The van der Waals surface area contributed by atoms with Crippen LogP contribution in [-0.4, -0.2) is 109 Å². The van der Waals surface area contributed by atoms with Gasteiger partial charge in [0.2, 0.25) is 0 Å². The predicted molar refractivity (Wildman–Crippen MR) is 68.4 cm³/mol. The van der Waals surface area contributed by atoms with Gasteiger partial charge in [-0.15, -0.1) is 0 Å². The Hall–Kier alpha value is -0.440. The topological polar surface area (TPSA) is 190 Å². The first-order chi connectivity index (χ1) is 10.6. The van der Waals surface area contributed by atoms with Gasteiger partial charge in [-0.1, -0.05) is 0 Å². The number of hydrogen-bond acceptors (Lipinski definition) is 11. The lowest BCUT2D eigenvalue weighted by atomic mass is 9.88. The van der Waals surface area contributed by atoms with E-state index in [-0.39, 0.29) is 0 Å². The van der Waals surface area contributed by atoms with Crippen molar-refractivity contribution in [2.45, 2.75) is 68.0 Å². The van der Waals surface area contributed by atoms with Gasteiger partial charge >= 0.3 is 0 Å². The fourth-order valence-corrected chi connectivity index (χ4v) is 2.56. The highest BCUT2D eigenvalue weighted by atomic mass is 16.8. The third-order valence-corrected chi connectivity index (χ3v) is 4.08. The normalized spacial score (nSPS) is 54.9. The average molecular weight is 342 g/mol. The Morgan fingerprint density at radius 1 is 0.826 bits per heavy atom. The first-order valence-electron chi connectivity index (χ1n) is 6.98. The molecule has 2 rings (SSSR count). The molecule has 2 fully saturated rings. The SMILES string of the molecule is C[C@]1(CO)O[C@@H](O)[C@H](O)[C@H](O)[C@@H]1O[C@@H]1O[C@H](O)[C@@H](O)[C@H](O)[C@H]1O. The summed E-state index contributed by atoms with van der Waals surface area (Å²) in [6, 6.07) is 0. The fraction of sp³-hybridized carbons (Fsp3) is 1.00. The molecule has 11 nitrogen and oxygen atoms in total. The predicted octanol–water partition coefficient (Wildman–Crippen LogP) is -5.05. The summed E-state index contributed by atoms with van der Waals surface area (Å²) in [5.74, 6) is 0. The molecule has 2 heterocycles. The second-order valence-electron chi connectivity index (χ2n) is 5.88. The molecule has 2 aliphatic rings. The van der Waals surface area contributed by atoms with E-state index in [4.69, 9.17) is 14.2 Å². The first kappa shape index (κ1) is 18.9. The van der Waals surface area contributed by atoms with E-state index >= 15 is 0 Å². The zero-order chi connectivity index (χ0) is 17.5. The van der Waals surface area contributed by atoms with E-state index in [1.807, 2.05) is 0 Å². The number of ether oxygens (including phenoxy) is 3. The smallest absolute Gasteiger partial charge is 0.189 e. The Bertz CT molecular complexity index is 408. The minimum Gasteiger partial charge on any atom is -0.393 e. The maximum atomic E-state index is 10.0. The number of aliphatic hydroxyl groups is 8. The summed E-state index contributed by atoms with van der Waals surface area (Å²) in [6.45, 7) is 0.544. The van der Waals surface area contributed by atoms with Gasteiger partial charge in [0.1, 0.15) is 42.2 Å². The van der Waals surface area contributed by atoms with Crippen LogP contribution < -0.4 is 0 Å². The largest absolute Gasteiger partial charge is 0.393 e. The molecule has 0 unspecified atom stereocenters. The van der Waals surface area contributed by atoms with Crippen LogP contribution in [0.3, 0.4) is 0 Å². The van der Waals surface area contributed by atoms with Gasteiger partial charge in [-0.2, -0.15) is 0 Å². The molecule has 0 aromatic carbocycles. The Morgan fingerprint density at radius 2 is 1.39 bits per heavy atom. The van der Waals surface area contributed by atoms with Gasteiger partial charge in [0.15, 0.2) is 18.9 Å². The van der Waals surface area contributed by atoms with Gasteiger partial charge in [-0.25, -0.2) is 0 Å². The molecule has 10 atom stereocenters. The number of hydrogen-bond donors (Lipinski definition) is 8. The fourth-order valence-electron chi connectivity index (χ4n) is 2.56. The molecule has 0 spiro atoms. The molecular formula is C12H22O11. The van der Waals surface area contributed by atoms with Crippen molar-refractivity contribution in [3.05, 3.63) is 0 Å². The highest BCUT2D eigenvalue weighted by Crippen LogP contribution is 2.33. The van der Waals surface area contributed by atoms with Gasteiger partial charge < -0.3 is 55.1 Å². The highest BCUT2D eigenvalue weighted by molar-refractivity contribution is 4.99. The van der Waals surface area contributed by atoms with Crippen LogP contribution in [0.2, 0.25) is 0 Å². The quantitative estimate of drug-likeness (QED) is 0.245. The third kappa shape index (κ3) is 3.36. The van der Waals surface area contributed by atoms with Crippen molar-refractivity contribution in [1.29, 1.82) is 0 Å². The van der Waals surface area contributed by atoms with Crippen LogP contribution in [0, 0.1) is 0 Å². The monoisotopic (exact) mass is 342 g/mol. The summed E-state index contributed by atoms with van der Waals surface area (Å²) >= 11 is 0. The molecular weight excluding hydrogens is 320 g/mol. The van der Waals surface area contributed by atoms with Gasteiger partial charge in [-0.3, -0.25) is 0 Å². The molecule has 2 saturated heterocycles. The molecule has 0 radical (unpaired) electrons. The van der Waals surface area contributed by atoms with E-state index < -0.39 is 67.7 Å². The molecule has 0 amide bonds. The van der Waals surface area contributed by atoms with E-state index in [0.29, 0.717) is 0 Å². The van der Waals surface area contributed by atoms with Crippen LogP contribution in [0.5, 0.6) is 0 Å². The van der Waals surface area contributed by atoms with Crippen LogP contribution >= 0.6 is 0 Å². The summed E-state index contributed by atoms with van der Waals surface area (Å²) in [6.07, 6.45) is -15.7. The van der Waals surface area contributed by atoms with Crippen LogP contribution in [0.15, 0.2) is 0 Å². The Morgan fingerprint density at radius 3 is 1.96 bits per heavy atom. The van der Waals surface area contributed by atoms with E-state index in [2.05, 4.69) is 0 Å². The molecule has 0 bridgehead atoms. The molecule has 2 aliphatic heterocycles. The van der Waals surface area contributed by atoms with Gasteiger partial charge in [0.05, 0.1) is 6.61 Å². The van der Waals surface area contributed by atoms with E-state index in [1.165, 1.54) is 6.92 Å². The zero-order valence-corrected chi connectivity index (χ0v) is 12.2. The molecule has 8 N–H and O–H groups in total. The maximum absolute atomic E-state index is 10.0. The number of rotatable bonds is 3. The van der Waals surface area contributed by atoms with Crippen LogP contribution in [0.4, 0.5) is 0 Å². The molecule has 0 aromatic heterocycles. The maximum Gasteiger partial charge on any atom is 0.189 e. The van der Waals surface area contributed by atoms with E-state index in [1.54, 1.807) is 0 Å². The van der Waals surface area contributed by atoms with Gasteiger partial charge in [0.25, 0.3) is 0 Å². The summed E-state index contributed by atoms with van der Waals surface area (Å²) in [4.78, 5) is 0. The molecule has 0 aromatic rings. The standard InChI is InChI=1S/C12H22O11/c1-12(2-13)8(4(15)6(17)10(20)23-12)21-11-7(18)3(14)5(16)9(19)22-11/h3-11,13-20H,2H2,1H3/t3-,4-,5-,6+,7+,8-,9-,10+,11+,12+/m0/s1. The van der Waals surface area contributed by atoms with Crippen LogP contribution in [0.25, 0.3) is 0 Å². The Kier molecular flexibility index (Phi) is 5.60. The van der Waals surface area contributed by atoms with E-state index in [9.17, 15) is 40.9 Å². The molecule has 0 saturated carbocycles. The lowest BCUT2D eigenvalue weighted by Gasteiger charge is -2.49. The van der Waals surface area contributed by atoms with Crippen molar-refractivity contribution < 1.29 is 55.1 Å². The highest BCUT2D eigenvalue weighted by Gasteiger charge is 2.54. The Labute approximate surface area is 130 Å². The van der Waals surface area contributed by atoms with Crippen LogP contribution in [0.1, 0.15) is 6.92 Å². The minimum absolute atomic E-state index is 0.727. The first-order valence-corrected chi connectivity index (χ1v) is 6.98. The second-order valence-corrected chi connectivity index (χ2v) is 5.88. The van der Waals surface area contributed by atoms with Crippen molar-refractivity contribution in [2.24, 2.45) is 0 Å². The van der Waals surface area contributed by atoms with Crippen LogP contribution in [-0.2, 0) is 14.2 Å². The zero-order valence-electron chi connectivity index (χ0n) is 12.2. The van der Waals surface area contributed by atoms with Crippen molar-refractivity contribution in [1.82, 2.24) is 0 Å². The van der Waals surface area contributed by atoms with Crippen molar-refractivity contribution >= 4 is 0 Å².